The topological polar surface area (TPSA) is 6.48 Å². The predicted octanol–water partition coefficient (Wildman–Crippen LogP) is 2.41. The third-order valence-corrected chi connectivity index (χ3v) is 2.65. The van der Waals surface area contributed by atoms with Crippen LogP contribution in [0.1, 0.15) is 40.0 Å². The maximum atomic E-state index is 2.52. The molecule has 13 heavy (non-hydrogen) atoms. The largest absolute Gasteiger partial charge is 0.294 e. The molecule has 1 atom stereocenters. The Morgan fingerprint density at radius 3 is 1.85 bits per heavy atom. The van der Waals surface area contributed by atoms with E-state index in [0.717, 1.165) is 13.1 Å². The molecule has 0 aromatic rings. The molecule has 1 unspecified atom stereocenters. The Kier molecular flexibility index (Phi) is 7.29. The van der Waals surface area contributed by atoms with Gasteiger partial charge in [-0.1, -0.05) is 33.6 Å². The van der Waals surface area contributed by atoms with Gasteiger partial charge >= 0.3 is 0 Å². The van der Waals surface area contributed by atoms with Crippen LogP contribution in [-0.2, 0) is 0 Å². The summed E-state index contributed by atoms with van der Waals surface area (Å²) in [7, 11) is 4.36. The zero-order chi connectivity index (χ0) is 10.3. The van der Waals surface area contributed by atoms with E-state index in [-0.39, 0.29) is 0 Å². The van der Waals surface area contributed by atoms with Crippen molar-refractivity contribution in [1.29, 1.82) is 0 Å². The van der Waals surface area contributed by atoms with Crippen molar-refractivity contribution in [1.82, 2.24) is 9.80 Å². The number of rotatable bonds is 7. The lowest BCUT2D eigenvalue weighted by Crippen LogP contribution is -2.44. The molecule has 0 saturated heterocycles. The highest BCUT2D eigenvalue weighted by Crippen LogP contribution is 2.10. The molecule has 0 radical (unpaired) electrons. The molecule has 0 aliphatic heterocycles. The molecule has 0 spiro atoms. The zero-order valence-corrected chi connectivity index (χ0v) is 10.0. The molecule has 0 aromatic carbocycles. The van der Waals surface area contributed by atoms with E-state index in [4.69, 9.17) is 0 Å². The fourth-order valence-electron chi connectivity index (χ4n) is 1.80. The Labute approximate surface area is 83.9 Å². The molecule has 0 aliphatic rings. The van der Waals surface area contributed by atoms with Crippen LogP contribution in [0.3, 0.4) is 0 Å². The van der Waals surface area contributed by atoms with Gasteiger partial charge in [0.15, 0.2) is 0 Å². The van der Waals surface area contributed by atoms with E-state index < -0.39 is 0 Å². The summed E-state index contributed by atoms with van der Waals surface area (Å²) in [6.07, 6.45) is 4.56. The van der Waals surface area contributed by atoms with Crippen LogP contribution in [0.2, 0.25) is 0 Å². The molecular formula is C11H26N2. The van der Waals surface area contributed by atoms with Crippen LogP contribution in [0.25, 0.3) is 0 Å². The summed E-state index contributed by atoms with van der Waals surface area (Å²) in [5, 5.41) is 0. The first-order chi connectivity index (χ1) is 6.17. The van der Waals surface area contributed by atoms with Gasteiger partial charge in [-0.3, -0.25) is 9.80 Å². The first-order valence-corrected chi connectivity index (χ1v) is 5.57. The summed E-state index contributed by atoms with van der Waals surface area (Å²) < 4.78 is 0. The SMILES string of the molecule is CCCCC(N(C)C)N(CC)CC. The lowest BCUT2D eigenvalue weighted by molar-refractivity contribution is 0.0795. The first kappa shape index (κ1) is 12.9. The monoisotopic (exact) mass is 186 g/mol. The van der Waals surface area contributed by atoms with E-state index in [2.05, 4.69) is 44.7 Å². The highest BCUT2D eigenvalue weighted by molar-refractivity contribution is 4.66. The molecule has 0 aromatic heterocycles. The molecule has 2 heteroatoms. The lowest BCUT2D eigenvalue weighted by Gasteiger charge is -2.34. The molecule has 0 amide bonds. The predicted molar refractivity (Wildman–Crippen MR) is 59.9 cm³/mol. The second-order valence-electron chi connectivity index (χ2n) is 3.81. The maximum Gasteiger partial charge on any atom is 0.0617 e. The number of hydrogen-bond acceptors (Lipinski definition) is 2. The van der Waals surface area contributed by atoms with Gasteiger partial charge in [-0.2, -0.15) is 0 Å². The highest BCUT2D eigenvalue weighted by atomic mass is 15.3. The lowest BCUT2D eigenvalue weighted by atomic mass is 10.2. The fraction of sp³-hybridized carbons (Fsp3) is 1.00. The van der Waals surface area contributed by atoms with Gasteiger partial charge < -0.3 is 0 Å². The molecule has 80 valence electrons. The molecule has 0 rings (SSSR count). The van der Waals surface area contributed by atoms with Crippen LogP contribution in [0.5, 0.6) is 0 Å². The van der Waals surface area contributed by atoms with Crippen LogP contribution >= 0.6 is 0 Å². The van der Waals surface area contributed by atoms with Gasteiger partial charge in [-0.25, -0.2) is 0 Å². The minimum Gasteiger partial charge on any atom is -0.294 e. The molecule has 0 saturated carbocycles. The van der Waals surface area contributed by atoms with Gasteiger partial charge in [0.25, 0.3) is 0 Å². The van der Waals surface area contributed by atoms with Gasteiger partial charge in [0.2, 0.25) is 0 Å². The van der Waals surface area contributed by atoms with Crippen molar-refractivity contribution in [2.75, 3.05) is 27.2 Å². The summed E-state index contributed by atoms with van der Waals surface area (Å²) in [5.74, 6) is 0. The number of nitrogens with zero attached hydrogens (tertiary/aromatic N) is 2. The molecule has 0 bridgehead atoms. The standard InChI is InChI=1S/C11H26N2/c1-6-9-10-11(12(4)5)13(7-2)8-3/h11H,6-10H2,1-5H3. The van der Waals surface area contributed by atoms with E-state index in [1.165, 1.54) is 19.3 Å². The summed E-state index contributed by atoms with van der Waals surface area (Å²) in [6, 6.07) is 0. The average Bonchev–Trinajstić information content (AvgIpc) is 2.11. The van der Waals surface area contributed by atoms with E-state index in [9.17, 15) is 0 Å². The average molecular weight is 186 g/mol. The van der Waals surface area contributed by atoms with Crippen molar-refractivity contribution in [3.05, 3.63) is 0 Å². The minimum atomic E-state index is 0.634. The Balaban J connectivity index is 4.04. The molecule has 2 nitrogen and oxygen atoms in total. The fourth-order valence-corrected chi connectivity index (χ4v) is 1.80. The van der Waals surface area contributed by atoms with Crippen molar-refractivity contribution in [3.63, 3.8) is 0 Å². The summed E-state index contributed by atoms with van der Waals surface area (Å²) >= 11 is 0. The summed E-state index contributed by atoms with van der Waals surface area (Å²) in [5.41, 5.74) is 0. The van der Waals surface area contributed by atoms with Crippen LogP contribution in [0.4, 0.5) is 0 Å². The second-order valence-corrected chi connectivity index (χ2v) is 3.81. The van der Waals surface area contributed by atoms with Gasteiger partial charge in [0.05, 0.1) is 6.17 Å². The normalized spacial score (nSPS) is 14.1. The van der Waals surface area contributed by atoms with E-state index in [0.29, 0.717) is 6.17 Å². The van der Waals surface area contributed by atoms with Crippen LogP contribution in [0.15, 0.2) is 0 Å². The van der Waals surface area contributed by atoms with Gasteiger partial charge in [-0.05, 0) is 33.6 Å². The number of unbranched alkanes of at least 4 members (excludes halogenated alkanes) is 1. The Hall–Kier alpha value is -0.0800. The summed E-state index contributed by atoms with van der Waals surface area (Å²) in [4.78, 5) is 4.86. The van der Waals surface area contributed by atoms with Gasteiger partial charge in [0, 0.05) is 0 Å². The van der Waals surface area contributed by atoms with Crippen molar-refractivity contribution < 1.29 is 0 Å². The maximum absolute atomic E-state index is 2.52. The highest BCUT2D eigenvalue weighted by Gasteiger charge is 2.16. The third kappa shape index (κ3) is 4.63. The van der Waals surface area contributed by atoms with Crippen molar-refractivity contribution in [2.24, 2.45) is 0 Å². The van der Waals surface area contributed by atoms with Gasteiger partial charge in [-0.15, -0.1) is 0 Å². The van der Waals surface area contributed by atoms with Crippen molar-refractivity contribution in [2.45, 2.75) is 46.2 Å². The molecule has 0 heterocycles. The van der Waals surface area contributed by atoms with Crippen LogP contribution in [-0.4, -0.2) is 43.2 Å². The smallest absolute Gasteiger partial charge is 0.0617 e. The second kappa shape index (κ2) is 7.34. The molecular weight excluding hydrogens is 160 g/mol. The molecule has 0 aliphatic carbocycles. The van der Waals surface area contributed by atoms with E-state index >= 15 is 0 Å². The molecule has 0 N–H and O–H groups in total. The Morgan fingerprint density at radius 1 is 1.00 bits per heavy atom. The quantitative estimate of drug-likeness (QED) is 0.563. The van der Waals surface area contributed by atoms with Gasteiger partial charge in [0.1, 0.15) is 0 Å². The Bertz CT molecular complexity index is 109. The van der Waals surface area contributed by atoms with Crippen LogP contribution in [0, 0.1) is 0 Å². The third-order valence-electron chi connectivity index (χ3n) is 2.65. The van der Waals surface area contributed by atoms with Crippen molar-refractivity contribution in [3.8, 4) is 0 Å². The first-order valence-electron chi connectivity index (χ1n) is 5.57. The van der Waals surface area contributed by atoms with E-state index in [1.807, 2.05) is 0 Å². The zero-order valence-electron chi connectivity index (χ0n) is 10.0. The van der Waals surface area contributed by atoms with E-state index in [1.54, 1.807) is 0 Å². The number of hydrogen-bond donors (Lipinski definition) is 0. The summed E-state index contributed by atoms with van der Waals surface area (Å²) in [6.45, 7) is 9.05. The Morgan fingerprint density at radius 2 is 1.54 bits per heavy atom. The van der Waals surface area contributed by atoms with Crippen LogP contribution < -0.4 is 0 Å². The van der Waals surface area contributed by atoms with Crippen molar-refractivity contribution >= 4 is 0 Å². The minimum absolute atomic E-state index is 0.634. The molecule has 0 fully saturated rings.